The van der Waals surface area contributed by atoms with Gasteiger partial charge in [0, 0.05) is 12.6 Å². The van der Waals surface area contributed by atoms with Crippen LogP contribution in [0.1, 0.15) is 37.0 Å². The van der Waals surface area contributed by atoms with E-state index in [2.05, 4.69) is 36.5 Å². The van der Waals surface area contributed by atoms with Crippen LogP contribution in [0.15, 0.2) is 60.7 Å². The van der Waals surface area contributed by atoms with E-state index in [1.54, 1.807) is 12.1 Å². The lowest BCUT2D eigenvalue weighted by Gasteiger charge is -2.17. The van der Waals surface area contributed by atoms with Crippen molar-refractivity contribution in [3.63, 3.8) is 0 Å². The Morgan fingerprint density at radius 3 is 2.28 bits per heavy atom. The molecule has 0 aliphatic carbocycles. The van der Waals surface area contributed by atoms with E-state index in [9.17, 15) is 0 Å². The molecule has 0 fully saturated rings. The fourth-order valence-electron chi connectivity index (χ4n) is 3.33. The third-order valence-electron chi connectivity index (χ3n) is 5.10. The fraction of sp³-hybridized carbons (Fsp3) is 0.308. The third-order valence-corrected chi connectivity index (χ3v) is 6.12. The summed E-state index contributed by atoms with van der Waals surface area (Å²) >= 11 is 18.7. The summed E-state index contributed by atoms with van der Waals surface area (Å²) in [4.78, 5) is 0. The largest absolute Gasteiger partial charge is 0.490 e. The Balaban J connectivity index is 1.61. The van der Waals surface area contributed by atoms with Crippen LogP contribution in [0.3, 0.4) is 0 Å². The average molecular weight is 493 g/mol. The van der Waals surface area contributed by atoms with Crippen LogP contribution in [0.2, 0.25) is 15.1 Å². The first-order valence-electron chi connectivity index (χ1n) is 10.8. The van der Waals surface area contributed by atoms with Crippen molar-refractivity contribution in [2.24, 2.45) is 0 Å². The summed E-state index contributed by atoms with van der Waals surface area (Å²) in [5.41, 5.74) is 3.30. The van der Waals surface area contributed by atoms with Gasteiger partial charge in [0.1, 0.15) is 6.61 Å². The van der Waals surface area contributed by atoms with Gasteiger partial charge in [0.2, 0.25) is 0 Å². The van der Waals surface area contributed by atoms with Crippen LogP contribution in [0.25, 0.3) is 0 Å². The SMILES string of the molecule is CCOc1cc(CNC(C)CCc2ccccc2)cc(Cl)c1OCc1ccc(Cl)c(Cl)c1. The third kappa shape index (κ3) is 7.31. The van der Waals surface area contributed by atoms with E-state index >= 15 is 0 Å². The topological polar surface area (TPSA) is 30.5 Å². The van der Waals surface area contributed by atoms with Gasteiger partial charge in [0.25, 0.3) is 0 Å². The highest BCUT2D eigenvalue weighted by Gasteiger charge is 2.14. The molecule has 0 saturated heterocycles. The second kappa shape index (κ2) is 12.4. The Morgan fingerprint density at radius 2 is 1.56 bits per heavy atom. The molecule has 3 rings (SSSR count). The lowest BCUT2D eigenvalue weighted by molar-refractivity contribution is 0.269. The summed E-state index contributed by atoms with van der Waals surface area (Å²) in [5, 5.41) is 5.10. The number of halogens is 3. The van der Waals surface area contributed by atoms with Gasteiger partial charge >= 0.3 is 0 Å². The molecule has 0 aliphatic rings. The zero-order valence-electron chi connectivity index (χ0n) is 18.3. The van der Waals surface area contributed by atoms with E-state index in [1.165, 1.54) is 5.56 Å². The van der Waals surface area contributed by atoms with Crippen molar-refractivity contribution < 1.29 is 9.47 Å². The summed E-state index contributed by atoms with van der Waals surface area (Å²) in [5.74, 6) is 1.16. The minimum absolute atomic E-state index is 0.310. The number of benzene rings is 3. The van der Waals surface area contributed by atoms with Crippen molar-refractivity contribution in [2.75, 3.05) is 6.61 Å². The average Bonchev–Trinajstić information content (AvgIpc) is 2.79. The van der Waals surface area contributed by atoms with E-state index in [0.29, 0.717) is 52.4 Å². The van der Waals surface area contributed by atoms with E-state index in [-0.39, 0.29) is 0 Å². The molecule has 3 nitrogen and oxygen atoms in total. The van der Waals surface area contributed by atoms with Gasteiger partial charge in [-0.3, -0.25) is 0 Å². The van der Waals surface area contributed by atoms with Crippen LogP contribution in [0.4, 0.5) is 0 Å². The molecule has 0 bridgehead atoms. The molecular weight excluding hydrogens is 465 g/mol. The predicted molar refractivity (Wildman–Crippen MR) is 134 cm³/mol. The molecule has 1 N–H and O–H groups in total. The van der Waals surface area contributed by atoms with E-state index in [4.69, 9.17) is 44.3 Å². The molecule has 3 aromatic carbocycles. The molecule has 0 saturated carbocycles. The van der Waals surface area contributed by atoms with Gasteiger partial charge in [0.15, 0.2) is 11.5 Å². The zero-order chi connectivity index (χ0) is 22.9. The maximum atomic E-state index is 6.57. The molecule has 170 valence electrons. The second-order valence-corrected chi connectivity index (χ2v) is 8.90. The monoisotopic (exact) mass is 491 g/mol. The van der Waals surface area contributed by atoms with E-state index < -0.39 is 0 Å². The number of hydrogen-bond donors (Lipinski definition) is 1. The van der Waals surface area contributed by atoms with Gasteiger partial charge in [-0.25, -0.2) is 0 Å². The van der Waals surface area contributed by atoms with Gasteiger partial charge in [-0.1, -0.05) is 71.2 Å². The number of rotatable bonds is 11. The summed E-state index contributed by atoms with van der Waals surface area (Å²) in [7, 11) is 0. The maximum Gasteiger partial charge on any atom is 0.180 e. The Bertz CT molecular complexity index is 1010. The van der Waals surface area contributed by atoms with Crippen LogP contribution in [-0.4, -0.2) is 12.6 Å². The van der Waals surface area contributed by atoms with Gasteiger partial charge < -0.3 is 14.8 Å². The Hall–Kier alpha value is -1.91. The van der Waals surface area contributed by atoms with Crippen LogP contribution in [0, 0.1) is 0 Å². The predicted octanol–water partition coefficient (Wildman–Crippen LogP) is 7.74. The number of hydrogen-bond acceptors (Lipinski definition) is 3. The lowest BCUT2D eigenvalue weighted by atomic mass is 10.1. The normalized spacial score (nSPS) is 11.9. The molecule has 0 aliphatic heterocycles. The molecule has 0 amide bonds. The highest BCUT2D eigenvalue weighted by atomic mass is 35.5. The number of nitrogens with one attached hydrogen (secondary N) is 1. The zero-order valence-corrected chi connectivity index (χ0v) is 20.6. The maximum absolute atomic E-state index is 6.57. The first kappa shape index (κ1) is 24.7. The second-order valence-electron chi connectivity index (χ2n) is 7.68. The smallest absolute Gasteiger partial charge is 0.180 e. The van der Waals surface area contributed by atoms with Crippen molar-refractivity contribution in [1.82, 2.24) is 5.32 Å². The summed E-state index contributed by atoms with van der Waals surface area (Å²) < 4.78 is 11.8. The molecule has 3 aromatic rings. The van der Waals surface area contributed by atoms with Crippen molar-refractivity contribution in [3.05, 3.63) is 92.4 Å². The summed E-state index contributed by atoms with van der Waals surface area (Å²) in [6, 6.07) is 20.2. The highest BCUT2D eigenvalue weighted by Crippen LogP contribution is 2.37. The molecule has 0 spiro atoms. The van der Waals surface area contributed by atoms with Gasteiger partial charge in [-0.15, -0.1) is 0 Å². The molecule has 6 heteroatoms. The van der Waals surface area contributed by atoms with Gasteiger partial charge in [0.05, 0.1) is 21.7 Å². The van der Waals surface area contributed by atoms with Crippen LogP contribution in [0.5, 0.6) is 11.5 Å². The molecule has 0 heterocycles. The lowest BCUT2D eigenvalue weighted by Crippen LogP contribution is -2.26. The minimum atomic E-state index is 0.310. The molecule has 0 aromatic heterocycles. The van der Waals surface area contributed by atoms with Crippen molar-refractivity contribution in [2.45, 2.75) is 45.9 Å². The van der Waals surface area contributed by atoms with Crippen LogP contribution < -0.4 is 14.8 Å². The van der Waals surface area contributed by atoms with Crippen LogP contribution in [-0.2, 0) is 19.6 Å². The number of aryl methyl sites for hydroxylation is 1. The first-order chi connectivity index (χ1) is 15.5. The fourth-order valence-corrected chi connectivity index (χ4v) is 3.94. The minimum Gasteiger partial charge on any atom is -0.490 e. The summed E-state index contributed by atoms with van der Waals surface area (Å²) in [6.45, 7) is 5.66. The Morgan fingerprint density at radius 1 is 0.812 bits per heavy atom. The van der Waals surface area contributed by atoms with Gasteiger partial charge in [-0.05, 0) is 67.6 Å². The molecule has 1 unspecified atom stereocenters. The first-order valence-corrected chi connectivity index (χ1v) is 11.9. The molecule has 0 radical (unpaired) electrons. The molecular formula is C26H28Cl3NO2. The standard InChI is InChI=1S/C26H28Cl3NO2/c1-3-31-25-15-21(16-30-18(2)9-10-19-7-5-4-6-8-19)14-24(29)26(25)32-17-20-11-12-22(27)23(28)13-20/h4-8,11-15,18,30H,3,9-10,16-17H2,1-2H3. The van der Waals surface area contributed by atoms with Gasteiger partial charge in [-0.2, -0.15) is 0 Å². The van der Waals surface area contributed by atoms with E-state index in [0.717, 1.165) is 24.0 Å². The van der Waals surface area contributed by atoms with E-state index in [1.807, 2.05) is 31.2 Å². The highest BCUT2D eigenvalue weighted by molar-refractivity contribution is 6.42. The number of ether oxygens (including phenoxy) is 2. The quantitative estimate of drug-likeness (QED) is 0.297. The summed E-state index contributed by atoms with van der Waals surface area (Å²) in [6.07, 6.45) is 2.10. The Kier molecular flexibility index (Phi) is 9.55. The molecule has 1 atom stereocenters. The van der Waals surface area contributed by atoms with Crippen LogP contribution >= 0.6 is 34.8 Å². The van der Waals surface area contributed by atoms with Crippen molar-refractivity contribution >= 4 is 34.8 Å². The Labute approximate surface area is 205 Å². The van der Waals surface area contributed by atoms with Crippen molar-refractivity contribution in [3.8, 4) is 11.5 Å². The van der Waals surface area contributed by atoms with Crippen molar-refractivity contribution in [1.29, 1.82) is 0 Å². The molecule has 32 heavy (non-hydrogen) atoms.